The molecule has 0 aromatic heterocycles. The average molecular weight is 317 g/mol. The maximum absolute atomic E-state index is 12.5. The Balaban J connectivity index is 1.89. The molecule has 1 aromatic rings. The van der Waals surface area contributed by atoms with Gasteiger partial charge in [-0.2, -0.15) is 0 Å². The zero-order valence-electron chi connectivity index (χ0n) is 14.3. The van der Waals surface area contributed by atoms with E-state index in [1.807, 2.05) is 43.0 Å². The Bertz CT molecular complexity index is 532. The molecule has 5 heteroatoms. The van der Waals surface area contributed by atoms with Gasteiger partial charge >= 0.3 is 6.03 Å². The minimum Gasteiger partial charge on any atom is -0.336 e. The Kier molecular flexibility index (Phi) is 6.02. The fourth-order valence-electron chi connectivity index (χ4n) is 2.74. The second kappa shape index (κ2) is 7.99. The first-order valence-electron chi connectivity index (χ1n) is 8.45. The Hall–Kier alpha value is -2.04. The van der Waals surface area contributed by atoms with E-state index in [9.17, 15) is 9.59 Å². The van der Waals surface area contributed by atoms with Crippen molar-refractivity contribution in [2.24, 2.45) is 0 Å². The highest BCUT2D eigenvalue weighted by molar-refractivity contribution is 5.94. The van der Waals surface area contributed by atoms with Crippen LogP contribution in [0.3, 0.4) is 0 Å². The Morgan fingerprint density at radius 2 is 1.61 bits per heavy atom. The normalized spacial score (nSPS) is 15.0. The number of urea groups is 1. The molecule has 0 aliphatic carbocycles. The molecule has 3 amide bonds. The number of carbonyl (C=O) groups excluding carboxylic acids is 2. The van der Waals surface area contributed by atoms with Crippen molar-refractivity contribution in [2.45, 2.75) is 39.7 Å². The van der Waals surface area contributed by atoms with Crippen molar-refractivity contribution in [1.82, 2.24) is 15.1 Å². The van der Waals surface area contributed by atoms with Crippen LogP contribution in [-0.4, -0.2) is 54.0 Å². The third-order valence-corrected chi connectivity index (χ3v) is 4.01. The highest BCUT2D eigenvalue weighted by atomic mass is 16.2. The standard InChI is InChI=1S/C18H27N3O2/c1-4-5-15-6-8-16(9-7-15)17(22)20-10-12-21(13-11-20)18(23)19-14(2)3/h6-9,14H,4-5,10-13H2,1-3H3,(H,19,23). The molecule has 23 heavy (non-hydrogen) atoms. The summed E-state index contributed by atoms with van der Waals surface area (Å²) < 4.78 is 0. The number of carbonyl (C=O) groups is 2. The van der Waals surface area contributed by atoms with Crippen molar-refractivity contribution in [1.29, 1.82) is 0 Å². The molecule has 0 radical (unpaired) electrons. The number of benzene rings is 1. The quantitative estimate of drug-likeness (QED) is 0.928. The monoisotopic (exact) mass is 317 g/mol. The molecule has 0 spiro atoms. The van der Waals surface area contributed by atoms with Crippen molar-refractivity contribution < 1.29 is 9.59 Å². The summed E-state index contributed by atoms with van der Waals surface area (Å²) in [5.74, 6) is 0.0527. The molecule has 0 unspecified atom stereocenters. The van der Waals surface area contributed by atoms with Gasteiger partial charge in [0, 0.05) is 37.8 Å². The molecular weight excluding hydrogens is 290 g/mol. The van der Waals surface area contributed by atoms with Gasteiger partial charge in [0.1, 0.15) is 0 Å². The van der Waals surface area contributed by atoms with E-state index in [0.29, 0.717) is 26.2 Å². The number of piperazine rings is 1. The fourth-order valence-corrected chi connectivity index (χ4v) is 2.74. The Morgan fingerprint density at radius 3 is 2.13 bits per heavy atom. The third kappa shape index (κ3) is 4.71. The van der Waals surface area contributed by atoms with Crippen molar-refractivity contribution in [2.75, 3.05) is 26.2 Å². The predicted octanol–water partition coefficient (Wildman–Crippen LogP) is 2.51. The van der Waals surface area contributed by atoms with Crippen LogP contribution in [0.5, 0.6) is 0 Å². The molecule has 0 saturated carbocycles. The third-order valence-electron chi connectivity index (χ3n) is 4.01. The first-order chi connectivity index (χ1) is 11.0. The molecular formula is C18H27N3O2. The minimum atomic E-state index is -0.0454. The van der Waals surface area contributed by atoms with Crippen LogP contribution < -0.4 is 5.32 Å². The van der Waals surface area contributed by atoms with Gasteiger partial charge in [-0.1, -0.05) is 25.5 Å². The van der Waals surface area contributed by atoms with Gasteiger partial charge in [-0.15, -0.1) is 0 Å². The van der Waals surface area contributed by atoms with Gasteiger partial charge in [-0.3, -0.25) is 4.79 Å². The summed E-state index contributed by atoms with van der Waals surface area (Å²) in [5.41, 5.74) is 1.99. The van der Waals surface area contributed by atoms with Crippen LogP contribution in [0.1, 0.15) is 43.1 Å². The first kappa shape index (κ1) is 17.3. The second-order valence-electron chi connectivity index (χ2n) is 6.33. The lowest BCUT2D eigenvalue weighted by molar-refractivity contribution is 0.0664. The summed E-state index contributed by atoms with van der Waals surface area (Å²) in [6, 6.07) is 7.96. The van der Waals surface area contributed by atoms with E-state index >= 15 is 0 Å². The molecule has 1 aromatic carbocycles. The van der Waals surface area contributed by atoms with Crippen molar-refractivity contribution in [3.63, 3.8) is 0 Å². The van der Waals surface area contributed by atoms with E-state index in [4.69, 9.17) is 0 Å². The van der Waals surface area contributed by atoms with E-state index in [2.05, 4.69) is 12.2 Å². The summed E-state index contributed by atoms with van der Waals surface area (Å²) in [4.78, 5) is 28.1. The Morgan fingerprint density at radius 1 is 1.04 bits per heavy atom. The second-order valence-corrected chi connectivity index (χ2v) is 6.33. The van der Waals surface area contributed by atoms with Gasteiger partial charge in [-0.25, -0.2) is 4.79 Å². The number of hydrogen-bond acceptors (Lipinski definition) is 2. The number of nitrogens with zero attached hydrogens (tertiary/aromatic N) is 2. The van der Waals surface area contributed by atoms with Crippen LogP contribution >= 0.6 is 0 Å². The lowest BCUT2D eigenvalue weighted by Crippen LogP contribution is -2.54. The zero-order chi connectivity index (χ0) is 16.8. The molecule has 1 saturated heterocycles. The average Bonchev–Trinajstić information content (AvgIpc) is 2.55. The van der Waals surface area contributed by atoms with E-state index in [1.165, 1.54) is 5.56 Å². The summed E-state index contributed by atoms with van der Waals surface area (Å²) in [5, 5.41) is 2.89. The topological polar surface area (TPSA) is 52.7 Å². The van der Waals surface area contributed by atoms with E-state index < -0.39 is 0 Å². The number of nitrogens with one attached hydrogen (secondary N) is 1. The van der Waals surface area contributed by atoms with E-state index in [0.717, 1.165) is 18.4 Å². The van der Waals surface area contributed by atoms with Gasteiger partial charge in [0.05, 0.1) is 0 Å². The zero-order valence-corrected chi connectivity index (χ0v) is 14.3. The SMILES string of the molecule is CCCc1ccc(C(=O)N2CCN(C(=O)NC(C)C)CC2)cc1. The van der Waals surface area contributed by atoms with Crippen LogP contribution in [0, 0.1) is 0 Å². The maximum Gasteiger partial charge on any atom is 0.317 e. The maximum atomic E-state index is 12.5. The molecule has 1 aliphatic heterocycles. The van der Waals surface area contributed by atoms with Gasteiger partial charge in [-0.05, 0) is 38.0 Å². The van der Waals surface area contributed by atoms with Crippen molar-refractivity contribution in [3.05, 3.63) is 35.4 Å². The van der Waals surface area contributed by atoms with Crippen LogP contribution in [-0.2, 0) is 6.42 Å². The van der Waals surface area contributed by atoms with E-state index in [1.54, 1.807) is 4.90 Å². The minimum absolute atomic E-state index is 0.0454. The highest BCUT2D eigenvalue weighted by Gasteiger charge is 2.24. The lowest BCUT2D eigenvalue weighted by Gasteiger charge is -2.35. The number of aryl methyl sites for hydroxylation is 1. The van der Waals surface area contributed by atoms with Gasteiger partial charge in [0.15, 0.2) is 0 Å². The summed E-state index contributed by atoms with van der Waals surface area (Å²) in [7, 11) is 0. The van der Waals surface area contributed by atoms with Crippen LogP contribution in [0.15, 0.2) is 24.3 Å². The van der Waals surface area contributed by atoms with E-state index in [-0.39, 0.29) is 18.0 Å². The molecule has 0 atom stereocenters. The largest absolute Gasteiger partial charge is 0.336 e. The molecule has 0 bridgehead atoms. The molecule has 1 heterocycles. The van der Waals surface area contributed by atoms with Crippen LogP contribution in [0.25, 0.3) is 0 Å². The molecule has 1 fully saturated rings. The van der Waals surface area contributed by atoms with Gasteiger partial charge in [0.25, 0.3) is 5.91 Å². The Labute approximate surface area is 138 Å². The summed E-state index contributed by atoms with van der Waals surface area (Å²) in [6.07, 6.45) is 2.14. The molecule has 5 nitrogen and oxygen atoms in total. The smallest absolute Gasteiger partial charge is 0.317 e. The first-order valence-corrected chi connectivity index (χ1v) is 8.45. The lowest BCUT2D eigenvalue weighted by atomic mass is 10.1. The molecule has 1 N–H and O–H groups in total. The summed E-state index contributed by atoms with van der Waals surface area (Å²) in [6.45, 7) is 8.37. The van der Waals surface area contributed by atoms with Gasteiger partial charge in [0.2, 0.25) is 0 Å². The van der Waals surface area contributed by atoms with Gasteiger partial charge < -0.3 is 15.1 Å². The number of hydrogen-bond donors (Lipinski definition) is 1. The predicted molar refractivity (Wildman–Crippen MR) is 91.6 cm³/mol. The highest BCUT2D eigenvalue weighted by Crippen LogP contribution is 2.11. The number of rotatable bonds is 4. The van der Waals surface area contributed by atoms with Crippen LogP contribution in [0.4, 0.5) is 4.79 Å². The fraction of sp³-hybridized carbons (Fsp3) is 0.556. The van der Waals surface area contributed by atoms with Crippen molar-refractivity contribution >= 4 is 11.9 Å². The molecule has 126 valence electrons. The molecule has 2 rings (SSSR count). The number of amides is 3. The molecule has 1 aliphatic rings. The van der Waals surface area contributed by atoms with Crippen molar-refractivity contribution in [3.8, 4) is 0 Å². The van der Waals surface area contributed by atoms with Crippen LogP contribution in [0.2, 0.25) is 0 Å². The summed E-state index contributed by atoms with van der Waals surface area (Å²) >= 11 is 0.